The van der Waals surface area contributed by atoms with E-state index in [-0.39, 0.29) is 5.91 Å². The van der Waals surface area contributed by atoms with Crippen molar-refractivity contribution in [3.8, 4) is 0 Å². The highest BCUT2D eigenvalue weighted by atomic mass is 16.3. The monoisotopic (exact) mass is 233 g/mol. The van der Waals surface area contributed by atoms with Crippen molar-refractivity contribution in [2.75, 3.05) is 18.4 Å². The quantitative estimate of drug-likeness (QED) is 0.843. The molecule has 0 aliphatic rings. The Bertz CT molecular complexity index is 534. The number of amides is 1. The summed E-state index contributed by atoms with van der Waals surface area (Å²) in [5, 5.41) is 5.76. The van der Waals surface area contributed by atoms with Crippen LogP contribution < -0.4 is 10.6 Å². The summed E-state index contributed by atoms with van der Waals surface area (Å²) < 4.78 is 5.36. The van der Waals surface area contributed by atoms with Crippen molar-refractivity contribution in [1.29, 1.82) is 0 Å². The minimum absolute atomic E-state index is 0.0635. The number of benzene rings is 1. The van der Waals surface area contributed by atoms with Gasteiger partial charge in [-0.1, -0.05) is 6.92 Å². The van der Waals surface area contributed by atoms with Gasteiger partial charge in [0.05, 0.1) is 6.54 Å². The van der Waals surface area contributed by atoms with Gasteiger partial charge in [-0.15, -0.1) is 0 Å². The number of aromatic nitrogens is 1. The van der Waals surface area contributed by atoms with E-state index in [2.05, 4.69) is 15.6 Å². The van der Waals surface area contributed by atoms with Crippen LogP contribution in [0.4, 0.5) is 5.69 Å². The van der Waals surface area contributed by atoms with Crippen molar-refractivity contribution in [2.24, 2.45) is 0 Å². The molecule has 0 spiro atoms. The Hall–Kier alpha value is -1.88. The minimum atomic E-state index is -0.0635. The lowest BCUT2D eigenvalue weighted by Crippen LogP contribution is -2.27. The van der Waals surface area contributed by atoms with E-state index in [0.29, 0.717) is 12.4 Å². The number of hydrogen-bond donors (Lipinski definition) is 2. The van der Waals surface area contributed by atoms with Gasteiger partial charge in [0, 0.05) is 12.6 Å². The van der Waals surface area contributed by atoms with Crippen LogP contribution in [0, 0.1) is 6.92 Å². The normalized spacial score (nSPS) is 10.7. The maximum Gasteiger partial charge on any atom is 0.238 e. The molecule has 1 aromatic heterocycles. The van der Waals surface area contributed by atoms with Gasteiger partial charge in [-0.05, 0) is 24.7 Å². The zero-order valence-electron chi connectivity index (χ0n) is 9.91. The summed E-state index contributed by atoms with van der Waals surface area (Å²) in [4.78, 5) is 15.7. The Morgan fingerprint density at radius 2 is 2.29 bits per heavy atom. The number of nitrogens with one attached hydrogen (secondary N) is 2. The van der Waals surface area contributed by atoms with Crippen LogP contribution in [0.25, 0.3) is 11.1 Å². The first kappa shape index (κ1) is 11.6. The van der Waals surface area contributed by atoms with E-state index in [0.717, 1.165) is 23.3 Å². The molecular formula is C12H15N3O2. The smallest absolute Gasteiger partial charge is 0.238 e. The molecule has 0 aliphatic carbocycles. The highest BCUT2D eigenvalue weighted by molar-refractivity contribution is 5.94. The van der Waals surface area contributed by atoms with Crippen LogP contribution in [0.2, 0.25) is 0 Å². The van der Waals surface area contributed by atoms with Gasteiger partial charge in [-0.2, -0.15) is 0 Å². The van der Waals surface area contributed by atoms with Gasteiger partial charge in [-0.3, -0.25) is 4.79 Å². The van der Waals surface area contributed by atoms with E-state index >= 15 is 0 Å². The van der Waals surface area contributed by atoms with Gasteiger partial charge in [0.1, 0.15) is 5.52 Å². The Morgan fingerprint density at radius 1 is 1.47 bits per heavy atom. The Morgan fingerprint density at radius 3 is 3.06 bits per heavy atom. The number of aryl methyl sites for hydroxylation is 1. The topological polar surface area (TPSA) is 67.2 Å². The molecule has 0 radical (unpaired) electrons. The first-order valence-electron chi connectivity index (χ1n) is 5.57. The van der Waals surface area contributed by atoms with Crippen LogP contribution in [0.1, 0.15) is 12.8 Å². The summed E-state index contributed by atoms with van der Waals surface area (Å²) >= 11 is 0. The van der Waals surface area contributed by atoms with E-state index in [4.69, 9.17) is 4.42 Å². The SMILES string of the molecule is CCNCC(=O)Nc1ccc2oc(C)nc2c1. The molecule has 0 fully saturated rings. The number of rotatable bonds is 4. The zero-order valence-corrected chi connectivity index (χ0v) is 9.91. The van der Waals surface area contributed by atoms with Crippen LogP contribution in [-0.4, -0.2) is 24.0 Å². The number of hydrogen-bond acceptors (Lipinski definition) is 4. The van der Waals surface area contributed by atoms with Crippen molar-refractivity contribution in [3.63, 3.8) is 0 Å². The number of anilines is 1. The van der Waals surface area contributed by atoms with E-state index in [9.17, 15) is 4.79 Å². The average Bonchev–Trinajstić information content (AvgIpc) is 2.65. The van der Waals surface area contributed by atoms with Crippen LogP contribution in [-0.2, 0) is 4.79 Å². The molecule has 1 aromatic carbocycles. The summed E-state index contributed by atoms with van der Waals surface area (Å²) in [5.41, 5.74) is 2.21. The van der Waals surface area contributed by atoms with Crippen LogP contribution in [0.5, 0.6) is 0 Å². The third-order valence-electron chi connectivity index (χ3n) is 2.31. The third kappa shape index (κ3) is 2.82. The molecule has 1 amide bonds. The number of likely N-dealkylation sites (N-methyl/N-ethyl adjacent to an activating group) is 1. The fourth-order valence-corrected chi connectivity index (χ4v) is 1.56. The van der Waals surface area contributed by atoms with Gasteiger partial charge < -0.3 is 15.1 Å². The zero-order chi connectivity index (χ0) is 12.3. The molecule has 2 aromatic rings. The molecule has 90 valence electrons. The third-order valence-corrected chi connectivity index (χ3v) is 2.31. The van der Waals surface area contributed by atoms with Gasteiger partial charge in [0.25, 0.3) is 0 Å². The molecule has 5 heteroatoms. The fraction of sp³-hybridized carbons (Fsp3) is 0.333. The van der Waals surface area contributed by atoms with Crippen molar-refractivity contribution in [1.82, 2.24) is 10.3 Å². The van der Waals surface area contributed by atoms with Gasteiger partial charge in [-0.25, -0.2) is 4.98 Å². The number of oxazole rings is 1. The van der Waals surface area contributed by atoms with Crippen LogP contribution in [0.15, 0.2) is 22.6 Å². The molecule has 1 heterocycles. The highest BCUT2D eigenvalue weighted by Gasteiger charge is 2.05. The van der Waals surface area contributed by atoms with Crippen LogP contribution in [0.3, 0.4) is 0 Å². The van der Waals surface area contributed by atoms with E-state index in [1.54, 1.807) is 25.1 Å². The van der Waals surface area contributed by atoms with Crippen molar-refractivity contribution >= 4 is 22.7 Å². The van der Waals surface area contributed by atoms with Gasteiger partial charge >= 0.3 is 0 Å². The Balaban J connectivity index is 2.10. The fourth-order valence-electron chi connectivity index (χ4n) is 1.56. The summed E-state index contributed by atoms with van der Waals surface area (Å²) in [5.74, 6) is 0.558. The summed E-state index contributed by atoms with van der Waals surface area (Å²) in [6.45, 7) is 4.84. The Labute approximate surface area is 99.2 Å². The van der Waals surface area contributed by atoms with E-state index in [1.165, 1.54) is 0 Å². The molecule has 0 bridgehead atoms. The standard InChI is InChI=1S/C12H15N3O2/c1-3-13-7-12(16)15-9-4-5-11-10(6-9)14-8(2)17-11/h4-6,13H,3,7H2,1-2H3,(H,15,16). The lowest BCUT2D eigenvalue weighted by molar-refractivity contribution is -0.115. The largest absolute Gasteiger partial charge is 0.441 e. The molecule has 0 atom stereocenters. The summed E-state index contributed by atoms with van der Waals surface area (Å²) in [6, 6.07) is 5.41. The van der Waals surface area contributed by atoms with Crippen molar-refractivity contribution < 1.29 is 9.21 Å². The first-order valence-corrected chi connectivity index (χ1v) is 5.57. The van der Waals surface area contributed by atoms with E-state index < -0.39 is 0 Å². The summed E-state index contributed by atoms with van der Waals surface area (Å²) in [7, 11) is 0. The number of carbonyl (C=O) groups is 1. The van der Waals surface area contributed by atoms with Crippen molar-refractivity contribution in [3.05, 3.63) is 24.1 Å². The molecule has 2 rings (SSSR count). The maximum absolute atomic E-state index is 11.5. The molecule has 0 saturated carbocycles. The second-order valence-electron chi connectivity index (χ2n) is 3.74. The average molecular weight is 233 g/mol. The molecular weight excluding hydrogens is 218 g/mol. The van der Waals surface area contributed by atoms with Crippen molar-refractivity contribution in [2.45, 2.75) is 13.8 Å². The number of fused-ring (bicyclic) bond motifs is 1. The number of nitrogens with zero attached hydrogens (tertiary/aromatic N) is 1. The van der Waals surface area contributed by atoms with Crippen LogP contribution >= 0.6 is 0 Å². The predicted octanol–water partition coefficient (Wildman–Crippen LogP) is 1.68. The molecule has 0 aliphatic heterocycles. The lowest BCUT2D eigenvalue weighted by atomic mass is 10.3. The van der Waals surface area contributed by atoms with Gasteiger partial charge in [0.2, 0.25) is 5.91 Å². The summed E-state index contributed by atoms with van der Waals surface area (Å²) in [6.07, 6.45) is 0. The minimum Gasteiger partial charge on any atom is -0.441 e. The van der Waals surface area contributed by atoms with Gasteiger partial charge in [0.15, 0.2) is 11.5 Å². The molecule has 5 nitrogen and oxygen atoms in total. The maximum atomic E-state index is 11.5. The lowest BCUT2D eigenvalue weighted by Gasteiger charge is -2.04. The Kier molecular flexibility index (Phi) is 3.39. The van der Waals surface area contributed by atoms with E-state index in [1.807, 2.05) is 6.92 Å². The molecule has 17 heavy (non-hydrogen) atoms. The highest BCUT2D eigenvalue weighted by Crippen LogP contribution is 2.19. The second kappa shape index (κ2) is 4.97. The molecule has 2 N–H and O–H groups in total. The second-order valence-corrected chi connectivity index (χ2v) is 3.74. The predicted molar refractivity (Wildman–Crippen MR) is 65.9 cm³/mol. The number of carbonyl (C=O) groups excluding carboxylic acids is 1. The molecule has 0 saturated heterocycles. The molecule has 0 unspecified atom stereocenters. The first-order chi connectivity index (χ1) is 8.19.